The number of Topliss-reactive ketones (excluding diaryl/α,β-unsaturated/α-hetero) is 1. The molecule has 1 aromatic carbocycles. The van der Waals surface area contributed by atoms with Gasteiger partial charge in [-0.15, -0.1) is 23.7 Å². The number of piperidine rings is 1. The second-order valence-electron chi connectivity index (χ2n) is 7.11. The Kier molecular flexibility index (Phi) is 6.79. The molecule has 2 aliphatic rings. The van der Waals surface area contributed by atoms with Crippen molar-refractivity contribution in [3.8, 4) is 0 Å². The van der Waals surface area contributed by atoms with Crippen LogP contribution in [0.15, 0.2) is 47.4 Å². The molecular weight excluding hydrogens is 401 g/mol. The highest BCUT2D eigenvalue weighted by Gasteiger charge is 2.40. The van der Waals surface area contributed by atoms with E-state index < -0.39 is 6.04 Å². The molecular formula is C21H23ClFNOS2. The van der Waals surface area contributed by atoms with Crippen molar-refractivity contribution in [3.05, 3.63) is 63.6 Å². The molecule has 0 spiro atoms. The molecule has 1 aliphatic heterocycles. The zero-order valence-corrected chi connectivity index (χ0v) is 17.4. The van der Waals surface area contributed by atoms with Crippen LogP contribution in [-0.2, 0) is 4.79 Å². The van der Waals surface area contributed by atoms with Gasteiger partial charge in [-0.2, -0.15) is 12.6 Å². The van der Waals surface area contributed by atoms with Crippen LogP contribution in [0.5, 0.6) is 0 Å². The lowest BCUT2D eigenvalue weighted by Crippen LogP contribution is -2.42. The van der Waals surface area contributed by atoms with Crippen LogP contribution in [0, 0.1) is 11.7 Å². The lowest BCUT2D eigenvalue weighted by atomic mass is 9.93. The molecule has 0 radical (unpaired) electrons. The first-order chi connectivity index (χ1) is 12.6. The van der Waals surface area contributed by atoms with E-state index in [2.05, 4.69) is 22.4 Å². The Balaban J connectivity index is 0.00000210. The third-order valence-electron chi connectivity index (χ3n) is 5.19. The average Bonchev–Trinajstić information content (AvgIpc) is 3.37. The maximum atomic E-state index is 14.5. The van der Waals surface area contributed by atoms with Crippen LogP contribution in [0.25, 0.3) is 6.08 Å². The summed E-state index contributed by atoms with van der Waals surface area (Å²) >= 11 is 6.43. The topological polar surface area (TPSA) is 20.3 Å². The number of carbonyl (C=O) groups is 1. The molecule has 27 heavy (non-hydrogen) atoms. The minimum atomic E-state index is -0.490. The Labute approximate surface area is 175 Å². The number of halogens is 2. The molecule has 1 saturated carbocycles. The molecule has 1 aliphatic carbocycles. The van der Waals surface area contributed by atoms with Crippen molar-refractivity contribution in [2.75, 3.05) is 13.1 Å². The first-order valence-corrected chi connectivity index (χ1v) is 10.5. The molecule has 144 valence electrons. The largest absolute Gasteiger partial charge is 0.297 e. The number of ketones is 1. The first-order valence-electron chi connectivity index (χ1n) is 9.07. The number of nitrogens with zero attached hydrogens (tertiary/aromatic N) is 1. The smallest absolute Gasteiger partial charge is 0.157 e. The average molecular weight is 424 g/mol. The van der Waals surface area contributed by atoms with E-state index in [4.69, 9.17) is 12.6 Å². The zero-order valence-electron chi connectivity index (χ0n) is 14.9. The lowest BCUT2D eigenvalue weighted by Gasteiger charge is -2.37. The van der Waals surface area contributed by atoms with Gasteiger partial charge in [-0.25, -0.2) is 4.39 Å². The summed E-state index contributed by atoms with van der Waals surface area (Å²) in [5, 5.41) is 2.24. The van der Waals surface area contributed by atoms with Gasteiger partial charge >= 0.3 is 0 Å². The summed E-state index contributed by atoms with van der Waals surface area (Å²) in [5.41, 5.74) is 1.71. The van der Waals surface area contributed by atoms with Gasteiger partial charge in [0.05, 0.1) is 6.04 Å². The van der Waals surface area contributed by atoms with Gasteiger partial charge in [0, 0.05) is 34.7 Å². The number of hydrogen-bond acceptors (Lipinski definition) is 4. The second-order valence-corrected chi connectivity index (χ2v) is 8.71. The summed E-state index contributed by atoms with van der Waals surface area (Å²) in [4.78, 5) is 16.4. The first kappa shape index (κ1) is 20.6. The van der Waals surface area contributed by atoms with Gasteiger partial charge in [0.2, 0.25) is 0 Å². The Morgan fingerprint density at radius 3 is 2.67 bits per heavy atom. The fourth-order valence-corrected chi connectivity index (χ4v) is 4.59. The van der Waals surface area contributed by atoms with Crippen LogP contribution >= 0.6 is 36.4 Å². The normalized spacial score (nSPS) is 23.0. The second kappa shape index (κ2) is 8.91. The van der Waals surface area contributed by atoms with Gasteiger partial charge in [-0.3, -0.25) is 9.69 Å². The third kappa shape index (κ3) is 4.65. The van der Waals surface area contributed by atoms with Crippen molar-refractivity contribution >= 4 is 48.2 Å². The van der Waals surface area contributed by atoms with Gasteiger partial charge in [0.15, 0.2) is 5.78 Å². The van der Waals surface area contributed by atoms with Crippen LogP contribution < -0.4 is 0 Å². The predicted molar refractivity (Wildman–Crippen MR) is 115 cm³/mol. The number of carbonyl (C=O) groups excluding carboxylic acids is 1. The molecule has 1 saturated heterocycles. The van der Waals surface area contributed by atoms with Crippen LogP contribution in [0.2, 0.25) is 0 Å². The van der Waals surface area contributed by atoms with Gasteiger partial charge in [-0.05, 0) is 48.4 Å². The van der Waals surface area contributed by atoms with E-state index in [1.165, 1.54) is 16.5 Å². The van der Waals surface area contributed by atoms with Gasteiger partial charge in [-0.1, -0.05) is 24.3 Å². The van der Waals surface area contributed by atoms with Crippen molar-refractivity contribution in [1.82, 2.24) is 4.90 Å². The van der Waals surface area contributed by atoms with Crippen molar-refractivity contribution in [1.29, 1.82) is 0 Å². The Bertz CT molecular complexity index is 819. The van der Waals surface area contributed by atoms with Gasteiger partial charge in [0.25, 0.3) is 0 Å². The molecule has 2 aromatic rings. The molecule has 2 fully saturated rings. The fraction of sp³-hybridized carbons (Fsp3) is 0.381. The van der Waals surface area contributed by atoms with Crippen LogP contribution in [0.3, 0.4) is 0 Å². The molecule has 4 rings (SSSR count). The van der Waals surface area contributed by atoms with Crippen LogP contribution in [-0.4, -0.2) is 29.0 Å². The van der Waals surface area contributed by atoms with Crippen molar-refractivity contribution in [2.45, 2.75) is 30.6 Å². The summed E-state index contributed by atoms with van der Waals surface area (Å²) in [6.07, 6.45) is 4.91. The van der Waals surface area contributed by atoms with E-state index in [9.17, 15) is 9.18 Å². The highest BCUT2D eigenvalue weighted by Crippen LogP contribution is 2.39. The summed E-state index contributed by atoms with van der Waals surface area (Å²) in [6.45, 7) is 1.41. The predicted octanol–water partition coefficient (Wildman–Crippen LogP) is 5.42. The maximum absolute atomic E-state index is 14.5. The molecule has 1 aromatic heterocycles. The van der Waals surface area contributed by atoms with Crippen LogP contribution in [0.4, 0.5) is 4.39 Å². The zero-order chi connectivity index (χ0) is 18.1. The summed E-state index contributed by atoms with van der Waals surface area (Å²) in [7, 11) is 0. The molecule has 0 N–H and O–H groups in total. The maximum Gasteiger partial charge on any atom is 0.157 e. The Morgan fingerprint density at radius 1 is 1.22 bits per heavy atom. The molecule has 2 heterocycles. The fourth-order valence-electron chi connectivity index (χ4n) is 3.63. The third-order valence-corrected chi connectivity index (χ3v) is 6.60. The summed E-state index contributed by atoms with van der Waals surface area (Å²) in [5.74, 6) is -0.0236. The monoisotopic (exact) mass is 423 g/mol. The van der Waals surface area contributed by atoms with E-state index in [1.54, 1.807) is 23.5 Å². The number of rotatable bonds is 5. The summed E-state index contributed by atoms with van der Waals surface area (Å²) < 4.78 is 14.5. The highest BCUT2D eigenvalue weighted by molar-refractivity contribution is 7.81. The SMILES string of the molecule is Cl.O=C(C1CC1)C(c1ccccc1F)N1CCC(S)/C(=C\c2cccs2)C1. The van der Waals surface area contributed by atoms with Crippen molar-refractivity contribution < 1.29 is 9.18 Å². The minimum Gasteiger partial charge on any atom is -0.297 e. The number of likely N-dealkylation sites (tertiary alicyclic amines) is 1. The van der Waals surface area contributed by atoms with E-state index in [0.717, 1.165) is 25.8 Å². The molecule has 0 bridgehead atoms. The molecule has 0 amide bonds. The number of hydrogen-bond donors (Lipinski definition) is 1. The van der Waals surface area contributed by atoms with E-state index in [1.807, 2.05) is 12.1 Å². The summed E-state index contributed by atoms with van der Waals surface area (Å²) in [6, 6.07) is 10.3. The minimum absolute atomic E-state index is 0. The van der Waals surface area contributed by atoms with Gasteiger partial charge < -0.3 is 0 Å². The van der Waals surface area contributed by atoms with Crippen LogP contribution in [0.1, 0.15) is 35.7 Å². The lowest BCUT2D eigenvalue weighted by molar-refractivity contribution is -0.126. The quantitative estimate of drug-likeness (QED) is 0.648. The van der Waals surface area contributed by atoms with E-state index in [0.29, 0.717) is 12.1 Å². The number of benzene rings is 1. The Morgan fingerprint density at radius 2 is 2.00 bits per heavy atom. The highest BCUT2D eigenvalue weighted by atomic mass is 35.5. The van der Waals surface area contributed by atoms with E-state index >= 15 is 0 Å². The molecule has 6 heteroatoms. The standard InChI is InChI=1S/C21H22FNOS2.ClH/c22-18-6-2-1-5-17(18)20(21(24)14-7-8-14)23-10-9-19(25)15(13-23)12-16-4-3-11-26-16;/h1-6,11-12,14,19-20,25H,7-10,13H2;1H/b15-12-;. The van der Waals surface area contributed by atoms with Gasteiger partial charge in [0.1, 0.15) is 5.82 Å². The van der Waals surface area contributed by atoms with E-state index in [-0.39, 0.29) is 35.2 Å². The van der Waals surface area contributed by atoms with Crippen molar-refractivity contribution in [3.63, 3.8) is 0 Å². The number of thiophene rings is 1. The number of thiol groups is 1. The Hall–Kier alpha value is -1.14. The molecule has 2 atom stereocenters. The van der Waals surface area contributed by atoms with Crippen molar-refractivity contribution in [2.24, 2.45) is 5.92 Å². The molecule has 2 nitrogen and oxygen atoms in total. The molecule has 2 unspecified atom stereocenters.